The number of fused-ring (bicyclic) bond motifs is 1. The average molecular weight is 366 g/mol. The molecule has 0 saturated carbocycles. The molecule has 1 aromatic carbocycles. The van der Waals surface area contributed by atoms with Crippen LogP contribution in [0.1, 0.15) is 25.5 Å². The molecular weight excluding hydrogens is 344 g/mol. The first kappa shape index (κ1) is 18.8. The molecule has 140 valence electrons. The third kappa shape index (κ3) is 4.07. The second-order valence-corrected chi connectivity index (χ2v) is 6.56. The van der Waals surface area contributed by atoms with Crippen LogP contribution in [0.5, 0.6) is 0 Å². The van der Waals surface area contributed by atoms with Crippen molar-refractivity contribution >= 4 is 22.8 Å². The lowest BCUT2D eigenvalue weighted by molar-refractivity contribution is -0.142. The average Bonchev–Trinajstić information content (AvgIpc) is 2.65. The maximum Gasteiger partial charge on any atom is 0.330 e. The first-order valence-electron chi connectivity index (χ1n) is 8.87. The molecule has 0 radical (unpaired) electrons. The van der Waals surface area contributed by atoms with Gasteiger partial charge in [0.15, 0.2) is 11.7 Å². The molecule has 0 bridgehead atoms. The summed E-state index contributed by atoms with van der Waals surface area (Å²) in [7, 11) is 0. The Bertz CT molecular complexity index is 882. The van der Waals surface area contributed by atoms with Crippen molar-refractivity contribution in [3.8, 4) is 6.07 Å². The third-order valence-electron chi connectivity index (χ3n) is 4.28. The van der Waals surface area contributed by atoms with Crippen LogP contribution in [-0.4, -0.2) is 47.8 Å². The van der Waals surface area contributed by atoms with Crippen LogP contribution in [0.4, 0.5) is 5.82 Å². The largest absolute Gasteiger partial charge is 0.460 e. The Morgan fingerprint density at radius 2 is 2.00 bits per heavy atom. The van der Waals surface area contributed by atoms with E-state index in [1.165, 1.54) is 6.08 Å². The summed E-state index contributed by atoms with van der Waals surface area (Å²) in [5.41, 5.74) is 1.65. The molecule has 1 saturated heterocycles. The van der Waals surface area contributed by atoms with Crippen LogP contribution in [0.2, 0.25) is 0 Å². The number of carbonyl (C=O) groups excluding carboxylic acids is 1. The fourth-order valence-corrected chi connectivity index (χ4v) is 3.23. The minimum absolute atomic E-state index is 0.00289. The molecule has 1 aliphatic rings. The Balaban J connectivity index is 2.09. The highest BCUT2D eigenvalue weighted by Gasteiger charge is 2.32. The van der Waals surface area contributed by atoms with Crippen molar-refractivity contribution in [2.75, 3.05) is 24.6 Å². The Morgan fingerprint density at radius 1 is 1.37 bits per heavy atom. The van der Waals surface area contributed by atoms with Crippen molar-refractivity contribution in [2.24, 2.45) is 0 Å². The van der Waals surface area contributed by atoms with Gasteiger partial charge in [-0.1, -0.05) is 24.8 Å². The van der Waals surface area contributed by atoms with Crippen LogP contribution in [0.3, 0.4) is 0 Å². The Hall–Kier alpha value is -2.98. The van der Waals surface area contributed by atoms with Crippen LogP contribution in [0, 0.1) is 11.3 Å². The lowest BCUT2D eigenvalue weighted by Gasteiger charge is -2.37. The van der Waals surface area contributed by atoms with Crippen LogP contribution >= 0.6 is 0 Å². The van der Waals surface area contributed by atoms with Crippen molar-refractivity contribution in [1.29, 1.82) is 5.26 Å². The maximum absolute atomic E-state index is 12.4. The number of carbonyl (C=O) groups is 1. The zero-order chi connectivity index (χ0) is 19.4. The lowest BCUT2D eigenvalue weighted by atomic mass is 10.1. The van der Waals surface area contributed by atoms with Crippen molar-refractivity contribution in [3.05, 3.63) is 42.6 Å². The van der Waals surface area contributed by atoms with Crippen LogP contribution < -0.4 is 4.90 Å². The van der Waals surface area contributed by atoms with E-state index in [0.29, 0.717) is 35.6 Å². The highest BCUT2D eigenvalue weighted by Crippen LogP contribution is 2.29. The predicted molar refractivity (Wildman–Crippen MR) is 101 cm³/mol. The summed E-state index contributed by atoms with van der Waals surface area (Å²) in [6, 6.07) is 9.42. The van der Waals surface area contributed by atoms with E-state index in [-0.39, 0.29) is 18.8 Å². The summed E-state index contributed by atoms with van der Waals surface area (Å²) in [6.07, 6.45) is 1.47. The molecule has 1 aromatic heterocycles. The number of nitrogens with zero attached hydrogens (tertiary/aromatic N) is 4. The molecule has 7 heteroatoms. The van der Waals surface area contributed by atoms with Crippen LogP contribution in [-0.2, 0) is 14.3 Å². The zero-order valence-corrected chi connectivity index (χ0v) is 15.5. The van der Waals surface area contributed by atoms with E-state index >= 15 is 0 Å². The number of morpholine rings is 1. The van der Waals surface area contributed by atoms with E-state index in [1.807, 2.05) is 49.1 Å². The highest BCUT2D eigenvalue weighted by molar-refractivity contribution is 5.85. The normalized spacial score (nSPS) is 20.7. The number of ether oxygens (including phenoxy) is 2. The molecular formula is C20H22N4O3. The molecule has 2 aromatic rings. The first-order chi connectivity index (χ1) is 13.0. The number of aromatic nitrogens is 2. The minimum Gasteiger partial charge on any atom is -0.460 e. The Kier molecular flexibility index (Phi) is 5.67. The number of para-hydroxylation sites is 2. The summed E-state index contributed by atoms with van der Waals surface area (Å²) in [4.78, 5) is 23.8. The van der Waals surface area contributed by atoms with Gasteiger partial charge in [0, 0.05) is 13.1 Å². The quantitative estimate of drug-likeness (QED) is 0.593. The SMILES string of the molecule is C=CCOC(=O)C(C#N)c1nc2ccccc2nc1N1CC(C)OC(C)C1. The van der Waals surface area contributed by atoms with Gasteiger partial charge in [-0.25, -0.2) is 9.97 Å². The second kappa shape index (κ2) is 8.14. The Labute approximate surface area is 158 Å². The number of benzene rings is 1. The van der Waals surface area contributed by atoms with Gasteiger partial charge in [-0.15, -0.1) is 0 Å². The van der Waals surface area contributed by atoms with Gasteiger partial charge in [0.2, 0.25) is 0 Å². The summed E-state index contributed by atoms with van der Waals surface area (Å²) in [5.74, 6) is -1.29. The van der Waals surface area contributed by atoms with E-state index in [0.717, 1.165) is 0 Å². The highest BCUT2D eigenvalue weighted by atomic mass is 16.5. The van der Waals surface area contributed by atoms with E-state index < -0.39 is 11.9 Å². The number of rotatable bonds is 5. The molecule has 3 atom stereocenters. The van der Waals surface area contributed by atoms with Gasteiger partial charge in [-0.05, 0) is 26.0 Å². The molecule has 1 fully saturated rings. The summed E-state index contributed by atoms with van der Waals surface area (Å²) < 4.78 is 10.9. The van der Waals surface area contributed by atoms with Crippen LogP contribution in [0.25, 0.3) is 11.0 Å². The van der Waals surface area contributed by atoms with Crippen LogP contribution in [0.15, 0.2) is 36.9 Å². The van der Waals surface area contributed by atoms with Crippen molar-refractivity contribution in [3.63, 3.8) is 0 Å². The molecule has 7 nitrogen and oxygen atoms in total. The van der Waals surface area contributed by atoms with Gasteiger partial charge in [-0.2, -0.15) is 5.26 Å². The monoisotopic (exact) mass is 366 g/mol. The van der Waals surface area contributed by atoms with Gasteiger partial charge in [0.1, 0.15) is 12.3 Å². The molecule has 27 heavy (non-hydrogen) atoms. The standard InChI is InChI=1S/C20H22N4O3/c1-4-9-26-20(25)15(10-21)18-19(24-11-13(2)27-14(3)12-24)23-17-8-6-5-7-16(17)22-18/h4-8,13-15H,1,9,11-12H2,2-3H3. The Morgan fingerprint density at radius 3 is 2.59 bits per heavy atom. The molecule has 1 aliphatic heterocycles. The molecule has 2 heterocycles. The summed E-state index contributed by atoms with van der Waals surface area (Å²) >= 11 is 0. The zero-order valence-electron chi connectivity index (χ0n) is 15.5. The van der Waals surface area contributed by atoms with Gasteiger partial charge in [-0.3, -0.25) is 4.79 Å². The molecule has 0 aliphatic carbocycles. The molecule has 3 unspecified atom stereocenters. The fourth-order valence-electron chi connectivity index (χ4n) is 3.23. The smallest absolute Gasteiger partial charge is 0.330 e. The number of hydrogen-bond acceptors (Lipinski definition) is 7. The fraction of sp³-hybridized carbons (Fsp3) is 0.400. The van der Waals surface area contributed by atoms with Gasteiger partial charge < -0.3 is 14.4 Å². The maximum atomic E-state index is 12.4. The third-order valence-corrected chi connectivity index (χ3v) is 4.28. The molecule has 0 N–H and O–H groups in total. The van der Waals surface area contributed by atoms with E-state index in [9.17, 15) is 10.1 Å². The molecule has 0 amide bonds. The summed E-state index contributed by atoms with van der Waals surface area (Å²) in [6.45, 7) is 8.74. The number of nitriles is 1. The van der Waals surface area contributed by atoms with E-state index in [1.54, 1.807) is 0 Å². The van der Waals surface area contributed by atoms with Crippen molar-refractivity contribution < 1.29 is 14.3 Å². The minimum atomic E-state index is -1.16. The number of anilines is 1. The predicted octanol–water partition coefficient (Wildman–Crippen LogP) is 2.58. The molecule has 0 spiro atoms. The summed E-state index contributed by atoms with van der Waals surface area (Å²) in [5, 5.41) is 9.66. The van der Waals surface area contributed by atoms with Crippen molar-refractivity contribution in [1.82, 2.24) is 9.97 Å². The van der Waals surface area contributed by atoms with Gasteiger partial charge in [0.25, 0.3) is 0 Å². The molecule has 3 rings (SSSR count). The number of hydrogen-bond donors (Lipinski definition) is 0. The number of esters is 1. The van der Waals surface area contributed by atoms with E-state index in [2.05, 4.69) is 11.6 Å². The van der Waals surface area contributed by atoms with Gasteiger partial charge in [0.05, 0.1) is 29.3 Å². The first-order valence-corrected chi connectivity index (χ1v) is 8.87. The topological polar surface area (TPSA) is 88.3 Å². The lowest BCUT2D eigenvalue weighted by Crippen LogP contribution is -2.46. The van der Waals surface area contributed by atoms with Gasteiger partial charge >= 0.3 is 5.97 Å². The van der Waals surface area contributed by atoms with E-state index in [4.69, 9.17) is 14.5 Å². The van der Waals surface area contributed by atoms with Crippen molar-refractivity contribution in [2.45, 2.75) is 32.0 Å². The second-order valence-electron chi connectivity index (χ2n) is 6.56.